The molecule has 1 heterocycles. The van der Waals surface area contributed by atoms with Crippen molar-refractivity contribution < 1.29 is 14.3 Å². The summed E-state index contributed by atoms with van der Waals surface area (Å²) in [6.45, 7) is 1.85. The molecule has 1 amide bonds. The van der Waals surface area contributed by atoms with Gasteiger partial charge in [-0.05, 0) is 25.1 Å². The van der Waals surface area contributed by atoms with Gasteiger partial charge in [0.25, 0.3) is 5.91 Å². The second-order valence-corrected chi connectivity index (χ2v) is 5.63. The molecule has 1 unspecified atom stereocenters. The van der Waals surface area contributed by atoms with Gasteiger partial charge in [0.1, 0.15) is 5.82 Å². The van der Waals surface area contributed by atoms with Crippen LogP contribution < -0.4 is 5.32 Å². The van der Waals surface area contributed by atoms with Gasteiger partial charge in [-0.3, -0.25) is 4.79 Å². The van der Waals surface area contributed by atoms with Crippen LogP contribution in [0.2, 0.25) is 0 Å². The minimum atomic E-state index is -1.14. The van der Waals surface area contributed by atoms with E-state index in [4.69, 9.17) is 0 Å². The van der Waals surface area contributed by atoms with E-state index in [2.05, 4.69) is 15.6 Å². The lowest BCUT2D eigenvalue weighted by atomic mass is 10.1. The molecule has 0 aliphatic heterocycles. The van der Waals surface area contributed by atoms with Crippen LogP contribution in [0.15, 0.2) is 54.7 Å². The molecule has 0 aliphatic carbocycles. The minimum absolute atomic E-state index is 0.112. The van der Waals surface area contributed by atoms with E-state index in [1.165, 1.54) is 29.1 Å². The zero-order chi connectivity index (χ0) is 17.8. The van der Waals surface area contributed by atoms with E-state index >= 15 is 0 Å². The number of aromatic nitrogens is 3. The molecule has 7 heteroatoms. The van der Waals surface area contributed by atoms with Crippen LogP contribution >= 0.6 is 0 Å². The van der Waals surface area contributed by atoms with Crippen LogP contribution in [0.3, 0.4) is 0 Å². The molecule has 0 fully saturated rings. The lowest BCUT2D eigenvalue weighted by molar-refractivity contribution is 0.0909. The molecule has 2 N–H and O–H groups in total. The first kappa shape index (κ1) is 16.8. The summed E-state index contributed by atoms with van der Waals surface area (Å²) in [7, 11) is 0. The van der Waals surface area contributed by atoms with Gasteiger partial charge in [-0.25, -0.2) is 9.07 Å². The zero-order valence-electron chi connectivity index (χ0n) is 13.6. The highest BCUT2D eigenvalue weighted by Crippen LogP contribution is 2.15. The van der Waals surface area contributed by atoms with Crippen molar-refractivity contribution >= 4 is 5.91 Å². The van der Waals surface area contributed by atoms with Gasteiger partial charge in [0.05, 0.1) is 18.0 Å². The van der Waals surface area contributed by atoms with Gasteiger partial charge in [-0.2, -0.15) is 0 Å². The van der Waals surface area contributed by atoms with Gasteiger partial charge in [0, 0.05) is 12.1 Å². The van der Waals surface area contributed by atoms with Crippen LogP contribution in [-0.4, -0.2) is 32.6 Å². The molecular formula is C18H17FN4O2. The van der Waals surface area contributed by atoms with Crippen LogP contribution in [0.1, 0.15) is 27.7 Å². The molecule has 3 rings (SSSR count). The number of hydrogen-bond acceptors (Lipinski definition) is 4. The number of aliphatic hydroxyl groups is 1. The van der Waals surface area contributed by atoms with Gasteiger partial charge < -0.3 is 10.4 Å². The Labute approximate surface area is 143 Å². The Kier molecular flexibility index (Phi) is 4.85. The highest BCUT2D eigenvalue weighted by atomic mass is 19.1. The van der Waals surface area contributed by atoms with E-state index in [0.717, 1.165) is 11.3 Å². The van der Waals surface area contributed by atoms with E-state index < -0.39 is 17.8 Å². The second kappa shape index (κ2) is 7.23. The quantitative estimate of drug-likeness (QED) is 0.746. The van der Waals surface area contributed by atoms with Gasteiger partial charge in [-0.1, -0.05) is 41.1 Å². The third-order valence-electron chi connectivity index (χ3n) is 3.74. The number of aryl methyl sites for hydroxylation is 1. The number of amides is 1. The average Bonchev–Trinajstić information content (AvgIpc) is 3.10. The molecule has 0 saturated carbocycles. The Hall–Kier alpha value is -3.06. The summed E-state index contributed by atoms with van der Waals surface area (Å²) >= 11 is 0. The number of halogens is 1. The van der Waals surface area contributed by atoms with E-state index in [9.17, 15) is 14.3 Å². The third kappa shape index (κ3) is 3.89. The molecule has 0 spiro atoms. The summed E-state index contributed by atoms with van der Waals surface area (Å²) < 4.78 is 15.1. The first-order valence-corrected chi connectivity index (χ1v) is 7.74. The Morgan fingerprint density at radius 2 is 1.96 bits per heavy atom. The highest BCUT2D eigenvalue weighted by Gasteiger charge is 2.16. The topological polar surface area (TPSA) is 80.0 Å². The van der Waals surface area contributed by atoms with Crippen molar-refractivity contribution in [3.63, 3.8) is 0 Å². The molecule has 0 aliphatic rings. The molecule has 1 aromatic heterocycles. The number of nitrogens with zero attached hydrogens (tertiary/aromatic N) is 3. The Bertz CT molecular complexity index is 877. The summed E-state index contributed by atoms with van der Waals surface area (Å²) in [6.07, 6.45) is 0.354. The van der Waals surface area contributed by atoms with Crippen LogP contribution in [-0.2, 0) is 0 Å². The summed E-state index contributed by atoms with van der Waals surface area (Å²) in [5, 5.41) is 20.3. The van der Waals surface area contributed by atoms with Crippen molar-refractivity contribution in [3.05, 3.63) is 77.4 Å². The maximum atomic E-state index is 13.6. The number of aliphatic hydroxyl groups excluding tert-OH is 1. The summed E-state index contributed by atoms with van der Waals surface area (Å²) in [5.74, 6) is -1.01. The predicted molar refractivity (Wildman–Crippen MR) is 89.8 cm³/mol. The molecule has 0 bridgehead atoms. The van der Waals surface area contributed by atoms with Gasteiger partial charge >= 0.3 is 0 Å². The second-order valence-electron chi connectivity index (χ2n) is 5.63. The molecule has 6 nitrogen and oxygen atoms in total. The molecule has 128 valence electrons. The van der Waals surface area contributed by atoms with Crippen molar-refractivity contribution in [1.82, 2.24) is 20.3 Å². The lowest BCUT2D eigenvalue weighted by Crippen LogP contribution is -2.29. The van der Waals surface area contributed by atoms with Gasteiger partial charge in [0.15, 0.2) is 5.69 Å². The number of rotatable bonds is 5. The number of nitrogens with one attached hydrogen (secondary N) is 1. The normalized spacial score (nSPS) is 12.0. The lowest BCUT2D eigenvalue weighted by Gasteiger charge is -2.12. The van der Waals surface area contributed by atoms with E-state index in [0.29, 0.717) is 0 Å². The zero-order valence-corrected chi connectivity index (χ0v) is 13.6. The fourth-order valence-corrected chi connectivity index (χ4v) is 2.33. The van der Waals surface area contributed by atoms with Crippen LogP contribution in [0.4, 0.5) is 4.39 Å². The highest BCUT2D eigenvalue weighted by molar-refractivity contribution is 5.91. The van der Waals surface area contributed by atoms with E-state index in [-0.39, 0.29) is 17.8 Å². The monoisotopic (exact) mass is 340 g/mol. The third-order valence-corrected chi connectivity index (χ3v) is 3.74. The Morgan fingerprint density at radius 3 is 2.68 bits per heavy atom. The average molecular weight is 340 g/mol. The van der Waals surface area contributed by atoms with Crippen molar-refractivity contribution in [2.75, 3.05) is 6.54 Å². The fraction of sp³-hybridized carbons (Fsp3) is 0.167. The summed E-state index contributed by atoms with van der Waals surface area (Å²) in [4.78, 5) is 12.1. The van der Waals surface area contributed by atoms with Crippen molar-refractivity contribution in [3.8, 4) is 5.69 Å². The SMILES string of the molecule is Cc1ccc(-n2cc(C(=O)NCC(O)c3ccccc3F)nn2)cc1. The molecule has 2 aromatic carbocycles. The van der Waals surface area contributed by atoms with E-state index in [1.54, 1.807) is 6.07 Å². The molecule has 3 aromatic rings. The van der Waals surface area contributed by atoms with Crippen molar-refractivity contribution in [2.45, 2.75) is 13.0 Å². The number of carbonyl (C=O) groups excluding carboxylic acids is 1. The molecule has 0 radical (unpaired) electrons. The van der Waals surface area contributed by atoms with Crippen LogP contribution in [0, 0.1) is 12.7 Å². The number of hydrogen-bond donors (Lipinski definition) is 2. The maximum absolute atomic E-state index is 13.6. The predicted octanol–water partition coefficient (Wildman–Crippen LogP) is 2.18. The standard InChI is InChI=1S/C18H17FN4O2/c1-12-6-8-13(9-7-12)23-11-16(21-22-23)18(25)20-10-17(24)14-4-2-3-5-15(14)19/h2-9,11,17,24H,10H2,1H3,(H,20,25). The Morgan fingerprint density at radius 1 is 1.24 bits per heavy atom. The number of carbonyl (C=O) groups is 1. The molecule has 0 saturated heterocycles. The van der Waals surface area contributed by atoms with Crippen molar-refractivity contribution in [1.29, 1.82) is 0 Å². The van der Waals surface area contributed by atoms with Gasteiger partial charge in [-0.15, -0.1) is 5.10 Å². The first-order valence-electron chi connectivity index (χ1n) is 7.74. The summed E-state index contributed by atoms with van der Waals surface area (Å²) in [6, 6.07) is 13.5. The molecular weight excluding hydrogens is 323 g/mol. The van der Waals surface area contributed by atoms with Gasteiger partial charge in [0.2, 0.25) is 0 Å². The van der Waals surface area contributed by atoms with Crippen LogP contribution in [0.5, 0.6) is 0 Å². The maximum Gasteiger partial charge on any atom is 0.273 e. The molecule has 25 heavy (non-hydrogen) atoms. The fourth-order valence-electron chi connectivity index (χ4n) is 2.33. The largest absolute Gasteiger partial charge is 0.386 e. The van der Waals surface area contributed by atoms with E-state index in [1.807, 2.05) is 31.2 Å². The number of benzene rings is 2. The summed E-state index contributed by atoms with van der Waals surface area (Å²) in [5.41, 5.74) is 2.14. The Balaban J connectivity index is 1.64. The smallest absolute Gasteiger partial charge is 0.273 e. The molecule has 1 atom stereocenters. The van der Waals surface area contributed by atoms with Crippen molar-refractivity contribution in [2.24, 2.45) is 0 Å². The van der Waals surface area contributed by atoms with Crippen LogP contribution in [0.25, 0.3) is 5.69 Å². The first-order chi connectivity index (χ1) is 12.0. The minimum Gasteiger partial charge on any atom is -0.386 e.